The van der Waals surface area contributed by atoms with Gasteiger partial charge in [-0.3, -0.25) is 4.99 Å². The zero-order chi connectivity index (χ0) is 17.0. The van der Waals surface area contributed by atoms with Gasteiger partial charge in [0.1, 0.15) is 11.6 Å². The third kappa shape index (κ3) is 3.02. The number of hydrogen-bond donors (Lipinski definition) is 1. The van der Waals surface area contributed by atoms with Crippen LogP contribution in [0.5, 0.6) is 0 Å². The second-order valence-corrected chi connectivity index (χ2v) is 7.80. The van der Waals surface area contributed by atoms with Crippen LogP contribution in [0.1, 0.15) is 45.6 Å². The highest BCUT2D eigenvalue weighted by molar-refractivity contribution is 14.0. The van der Waals surface area contributed by atoms with Crippen molar-refractivity contribution in [3.8, 4) is 0 Å². The van der Waals surface area contributed by atoms with Crippen LogP contribution in [0.15, 0.2) is 23.2 Å². The zero-order valence-corrected chi connectivity index (χ0v) is 17.2. The van der Waals surface area contributed by atoms with Crippen LogP contribution in [0.4, 0.5) is 8.78 Å². The fourth-order valence-corrected chi connectivity index (χ4v) is 3.37. The van der Waals surface area contributed by atoms with Gasteiger partial charge < -0.3 is 10.2 Å². The van der Waals surface area contributed by atoms with Crippen molar-refractivity contribution in [2.45, 2.75) is 51.6 Å². The van der Waals surface area contributed by atoms with Gasteiger partial charge in [-0.05, 0) is 32.4 Å². The van der Waals surface area contributed by atoms with Gasteiger partial charge in [0.15, 0.2) is 5.96 Å². The topological polar surface area (TPSA) is 27.6 Å². The first-order chi connectivity index (χ1) is 10.7. The van der Waals surface area contributed by atoms with Crippen molar-refractivity contribution < 1.29 is 8.78 Å². The van der Waals surface area contributed by atoms with Crippen LogP contribution in [0.2, 0.25) is 0 Å². The molecule has 0 amide bonds. The van der Waals surface area contributed by atoms with Gasteiger partial charge in [0.25, 0.3) is 0 Å². The molecule has 1 aromatic rings. The quantitative estimate of drug-likeness (QED) is 0.418. The summed E-state index contributed by atoms with van der Waals surface area (Å²) in [6.45, 7) is 9.80. The Balaban J connectivity index is 0.00000208. The molecule has 2 fully saturated rings. The van der Waals surface area contributed by atoms with E-state index in [1.165, 1.54) is 18.2 Å². The normalized spacial score (nSPS) is 27.1. The van der Waals surface area contributed by atoms with Crippen molar-refractivity contribution in [1.29, 1.82) is 0 Å². The number of likely N-dealkylation sites (tertiary alicyclic amines) is 1. The Morgan fingerprint density at radius 1 is 1.21 bits per heavy atom. The molecule has 2 aliphatic rings. The van der Waals surface area contributed by atoms with Crippen molar-refractivity contribution in [2.24, 2.45) is 10.4 Å². The first-order valence-corrected chi connectivity index (χ1v) is 8.14. The monoisotopic (exact) mass is 449 g/mol. The molecule has 0 aromatic heterocycles. The number of halogens is 3. The summed E-state index contributed by atoms with van der Waals surface area (Å²) in [5.41, 5.74) is 0.414. The van der Waals surface area contributed by atoms with Crippen molar-refractivity contribution in [3.63, 3.8) is 0 Å². The highest BCUT2D eigenvalue weighted by Crippen LogP contribution is 2.47. The summed E-state index contributed by atoms with van der Waals surface area (Å²) < 4.78 is 27.8. The van der Waals surface area contributed by atoms with E-state index in [1.54, 1.807) is 7.05 Å². The van der Waals surface area contributed by atoms with Gasteiger partial charge in [0, 0.05) is 42.1 Å². The molecule has 1 N–H and O–H groups in total. The zero-order valence-electron chi connectivity index (χ0n) is 14.9. The van der Waals surface area contributed by atoms with Crippen molar-refractivity contribution in [1.82, 2.24) is 10.2 Å². The fraction of sp³-hybridized carbons (Fsp3) is 0.611. The van der Waals surface area contributed by atoms with E-state index in [0.29, 0.717) is 0 Å². The van der Waals surface area contributed by atoms with Crippen LogP contribution < -0.4 is 5.32 Å². The Morgan fingerprint density at radius 3 is 2.25 bits per heavy atom. The third-order valence-electron chi connectivity index (χ3n) is 5.83. The Kier molecular flexibility index (Phi) is 5.19. The van der Waals surface area contributed by atoms with Crippen molar-refractivity contribution in [3.05, 3.63) is 35.4 Å². The molecule has 3 rings (SSSR count). The molecule has 2 atom stereocenters. The minimum atomic E-state index is -0.459. The summed E-state index contributed by atoms with van der Waals surface area (Å²) in [5.74, 6) is -0.219. The van der Waals surface area contributed by atoms with Crippen LogP contribution in [0.25, 0.3) is 0 Å². The fourth-order valence-electron chi connectivity index (χ4n) is 3.37. The first kappa shape index (κ1) is 19.4. The summed E-state index contributed by atoms with van der Waals surface area (Å²) in [5, 5.41) is 3.38. The molecular weight excluding hydrogens is 423 g/mol. The molecule has 1 heterocycles. The Morgan fingerprint density at radius 2 is 1.79 bits per heavy atom. The second kappa shape index (κ2) is 6.42. The molecule has 0 bridgehead atoms. The number of nitrogens with zero attached hydrogens (tertiary/aromatic N) is 2. The second-order valence-electron chi connectivity index (χ2n) is 7.80. The number of nitrogens with one attached hydrogen (secondary N) is 1. The maximum absolute atomic E-state index is 13.9. The lowest BCUT2D eigenvalue weighted by atomic mass is 9.65. The standard InChI is InChI=1S/C18H25F2N3.HI/c1-17(2)10-23(18(17,3)4)16(21-5)22-14-9-11(14)15-12(19)7-6-8-13(15)20;/h6-8,11,14H,9-10H2,1-5H3,(H,21,22);1H. The number of guanidine groups is 1. The van der Waals surface area contributed by atoms with E-state index in [1.807, 2.05) is 0 Å². The molecule has 1 saturated carbocycles. The maximum Gasteiger partial charge on any atom is 0.194 e. The predicted molar refractivity (Wildman–Crippen MR) is 104 cm³/mol. The minimum absolute atomic E-state index is 0. The molecular formula is C18H26F2IN3. The Hall–Kier alpha value is -0.920. The Bertz CT molecular complexity index is 637. The van der Waals surface area contributed by atoms with Crippen LogP contribution in [0.3, 0.4) is 0 Å². The van der Waals surface area contributed by atoms with Crippen molar-refractivity contribution >= 4 is 29.9 Å². The average Bonchev–Trinajstić information content (AvgIpc) is 3.21. The Labute approximate surface area is 159 Å². The van der Waals surface area contributed by atoms with Gasteiger partial charge in [-0.15, -0.1) is 24.0 Å². The molecule has 1 aliphatic carbocycles. The molecule has 0 radical (unpaired) electrons. The summed E-state index contributed by atoms with van der Waals surface area (Å²) in [6, 6.07) is 4.09. The van der Waals surface area contributed by atoms with E-state index >= 15 is 0 Å². The van der Waals surface area contributed by atoms with E-state index in [0.717, 1.165) is 18.9 Å². The predicted octanol–water partition coefficient (Wildman–Crippen LogP) is 4.13. The molecule has 134 valence electrons. The smallest absolute Gasteiger partial charge is 0.194 e. The molecule has 2 unspecified atom stereocenters. The summed E-state index contributed by atoms with van der Waals surface area (Å²) in [4.78, 5) is 6.60. The van der Waals surface area contributed by atoms with E-state index < -0.39 is 11.6 Å². The van der Waals surface area contributed by atoms with E-state index in [2.05, 4.69) is 42.9 Å². The average molecular weight is 449 g/mol. The summed E-state index contributed by atoms with van der Waals surface area (Å²) in [6.07, 6.45) is 0.731. The maximum atomic E-state index is 13.9. The van der Waals surface area contributed by atoms with Gasteiger partial charge in [0.2, 0.25) is 0 Å². The van der Waals surface area contributed by atoms with E-state index in [9.17, 15) is 8.78 Å². The van der Waals surface area contributed by atoms with Gasteiger partial charge in [0.05, 0.1) is 0 Å². The lowest BCUT2D eigenvalue weighted by Crippen LogP contribution is -2.72. The van der Waals surface area contributed by atoms with Gasteiger partial charge in [-0.2, -0.15) is 0 Å². The minimum Gasteiger partial charge on any atom is -0.353 e. The molecule has 0 spiro atoms. The molecule has 6 heteroatoms. The SMILES string of the molecule is CN=C(NC1CC1c1c(F)cccc1F)N1CC(C)(C)C1(C)C.I. The summed E-state index contributed by atoms with van der Waals surface area (Å²) in [7, 11) is 1.75. The molecule has 1 aliphatic heterocycles. The van der Waals surface area contributed by atoms with Gasteiger partial charge in [-0.1, -0.05) is 19.9 Å². The van der Waals surface area contributed by atoms with Gasteiger partial charge >= 0.3 is 0 Å². The lowest BCUT2D eigenvalue weighted by molar-refractivity contribution is -0.0668. The van der Waals surface area contributed by atoms with Crippen LogP contribution in [-0.2, 0) is 0 Å². The molecule has 3 nitrogen and oxygen atoms in total. The van der Waals surface area contributed by atoms with E-state index in [4.69, 9.17) is 0 Å². The first-order valence-electron chi connectivity index (χ1n) is 8.14. The molecule has 1 aromatic carbocycles. The van der Waals surface area contributed by atoms with E-state index in [-0.39, 0.29) is 52.5 Å². The van der Waals surface area contributed by atoms with Crippen molar-refractivity contribution in [2.75, 3.05) is 13.6 Å². The van der Waals surface area contributed by atoms with Crippen LogP contribution in [-0.4, -0.2) is 36.0 Å². The molecule has 1 saturated heterocycles. The van der Waals surface area contributed by atoms with Crippen LogP contribution in [0, 0.1) is 17.0 Å². The summed E-state index contributed by atoms with van der Waals surface area (Å²) >= 11 is 0. The number of aliphatic imine (C=N–C) groups is 1. The lowest BCUT2D eigenvalue weighted by Gasteiger charge is -2.62. The highest BCUT2D eigenvalue weighted by atomic mass is 127. The number of benzene rings is 1. The van der Waals surface area contributed by atoms with Gasteiger partial charge in [-0.25, -0.2) is 8.78 Å². The largest absolute Gasteiger partial charge is 0.353 e. The molecule has 24 heavy (non-hydrogen) atoms. The third-order valence-corrected chi connectivity index (χ3v) is 5.83. The van der Waals surface area contributed by atoms with Crippen LogP contribution >= 0.6 is 24.0 Å². The number of rotatable bonds is 2. The number of hydrogen-bond acceptors (Lipinski definition) is 1. The highest BCUT2D eigenvalue weighted by Gasteiger charge is 2.54.